The number of nitrogens with zero attached hydrogens (tertiary/aromatic N) is 2. The zero-order valence-electron chi connectivity index (χ0n) is 14.6. The highest BCUT2D eigenvalue weighted by atomic mass is 35.5. The van der Waals surface area contributed by atoms with Gasteiger partial charge in [-0.3, -0.25) is 0 Å². The van der Waals surface area contributed by atoms with Crippen LogP contribution in [0.5, 0.6) is 0 Å². The van der Waals surface area contributed by atoms with Gasteiger partial charge < -0.3 is 19.5 Å². The molecule has 0 saturated carbocycles. The number of likely N-dealkylation sites (N-methyl/N-ethyl adjacent to an activating group) is 1. The number of halogens is 2. The average molecular weight is 382 g/mol. The molecule has 2 aromatic rings. The van der Waals surface area contributed by atoms with E-state index in [2.05, 4.69) is 22.2 Å². The Bertz CT molecular complexity index is 681. The summed E-state index contributed by atoms with van der Waals surface area (Å²) in [6.45, 7) is 7.62. The third kappa shape index (κ3) is 5.47. The molecule has 1 N–H and O–H groups in total. The monoisotopic (exact) mass is 381 g/mol. The van der Waals surface area contributed by atoms with Crippen molar-refractivity contribution in [3.8, 4) is 11.3 Å². The van der Waals surface area contributed by atoms with Crippen molar-refractivity contribution in [1.82, 2.24) is 15.1 Å². The van der Waals surface area contributed by atoms with Gasteiger partial charge in [0.1, 0.15) is 11.5 Å². The summed E-state index contributed by atoms with van der Waals surface area (Å²) in [5.74, 6) is 1.74. The molecule has 1 aromatic carbocycles. The van der Waals surface area contributed by atoms with Crippen molar-refractivity contribution < 1.29 is 4.42 Å². The first kappa shape index (κ1) is 18.7. The molecule has 1 saturated heterocycles. The molecular formula is C19H25Cl2N3O. The fourth-order valence-corrected chi connectivity index (χ4v) is 3.29. The molecule has 25 heavy (non-hydrogen) atoms. The second kappa shape index (κ2) is 9.06. The van der Waals surface area contributed by atoms with E-state index in [0.29, 0.717) is 10.0 Å². The number of piperazine rings is 1. The predicted octanol–water partition coefficient (Wildman–Crippen LogP) is 3.98. The van der Waals surface area contributed by atoms with Gasteiger partial charge in [-0.2, -0.15) is 0 Å². The molecular weight excluding hydrogens is 357 g/mol. The zero-order chi connectivity index (χ0) is 17.6. The highest BCUT2D eigenvalue weighted by molar-refractivity contribution is 6.42. The molecule has 1 aliphatic rings. The summed E-state index contributed by atoms with van der Waals surface area (Å²) in [7, 11) is 2.19. The van der Waals surface area contributed by atoms with Crippen LogP contribution in [-0.2, 0) is 6.54 Å². The van der Waals surface area contributed by atoms with Crippen LogP contribution < -0.4 is 5.32 Å². The number of hydrogen-bond donors (Lipinski definition) is 1. The molecule has 0 aliphatic carbocycles. The lowest BCUT2D eigenvalue weighted by Gasteiger charge is -2.32. The Balaban J connectivity index is 1.39. The maximum Gasteiger partial charge on any atom is 0.134 e. The van der Waals surface area contributed by atoms with E-state index in [-0.39, 0.29) is 0 Å². The quantitative estimate of drug-likeness (QED) is 0.734. The van der Waals surface area contributed by atoms with Crippen LogP contribution >= 0.6 is 23.2 Å². The van der Waals surface area contributed by atoms with Crippen molar-refractivity contribution in [3.05, 3.63) is 46.1 Å². The van der Waals surface area contributed by atoms with Crippen molar-refractivity contribution >= 4 is 23.2 Å². The van der Waals surface area contributed by atoms with E-state index in [1.165, 1.54) is 26.2 Å². The Morgan fingerprint density at radius 3 is 2.60 bits per heavy atom. The minimum atomic E-state index is 0.541. The van der Waals surface area contributed by atoms with Gasteiger partial charge in [0, 0.05) is 31.7 Å². The van der Waals surface area contributed by atoms with E-state index in [9.17, 15) is 0 Å². The number of benzene rings is 1. The second-order valence-corrected chi connectivity index (χ2v) is 7.38. The summed E-state index contributed by atoms with van der Waals surface area (Å²) in [6.07, 6.45) is 1.16. The lowest BCUT2D eigenvalue weighted by molar-refractivity contribution is 0.152. The van der Waals surface area contributed by atoms with Gasteiger partial charge in [-0.05, 0) is 56.9 Å². The van der Waals surface area contributed by atoms with Crippen molar-refractivity contribution in [2.45, 2.75) is 13.0 Å². The summed E-state index contributed by atoms with van der Waals surface area (Å²) >= 11 is 12.0. The van der Waals surface area contributed by atoms with Gasteiger partial charge in [0.25, 0.3) is 0 Å². The first-order valence-corrected chi connectivity index (χ1v) is 9.53. The maximum absolute atomic E-state index is 6.07. The molecule has 0 atom stereocenters. The van der Waals surface area contributed by atoms with E-state index in [0.717, 1.165) is 43.1 Å². The van der Waals surface area contributed by atoms with Gasteiger partial charge in [-0.15, -0.1) is 0 Å². The first-order valence-electron chi connectivity index (χ1n) is 8.77. The highest BCUT2D eigenvalue weighted by Gasteiger charge is 2.12. The Hall–Kier alpha value is -1.04. The minimum Gasteiger partial charge on any atom is -0.460 e. The standard InChI is InChI=1S/C19H25Cl2N3O/c1-23-9-11-24(12-10-23)8-2-7-22-14-16-4-6-19(25-16)15-3-5-17(20)18(21)13-15/h3-6,13,22H,2,7-12,14H2,1H3. The fourth-order valence-electron chi connectivity index (χ4n) is 2.99. The van der Waals surface area contributed by atoms with Crippen molar-refractivity contribution in [2.75, 3.05) is 46.3 Å². The molecule has 136 valence electrons. The van der Waals surface area contributed by atoms with Crippen LogP contribution in [0.3, 0.4) is 0 Å². The van der Waals surface area contributed by atoms with Gasteiger partial charge >= 0.3 is 0 Å². The fraction of sp³-hybridized carbons (Fsp3) is 0.474. The summed E-state index contributed by atoms with van der Waals surface area (Å²) in [4.78, 5) is 4.92. The van der Waals surface area contributed by atoms with E-state index >= 15 is 0 Å². The number of furan rings is 1. The van der Waals surface area contributed by atoms with Crippen LogP contribution in [-0.4, -0.2) is 56.1 Å². The first-order chi connectivity index (χ1) is 12.1. The predicted molar refractivity (Wildman–Crippen MR) is 104 cm³/mol. The summed E-state index contributed by atoms with van der Waals surface area (Å²) in [6, 6.07) is 9.51. The Morgan fingerprint density at radius 1 is 1.04 bits per heavy atom. The van der Waals surface area contributed by atoms with Gasteiger partial charge in [-0.25, -0.2) is 0 Å². The molecule has 0 amide bonds. The molecule has 1 aliphatic heterocycles. The molecule has 2 heterocycles. The second-order valence-electron chi connectivity index (χ2n) is 6.57. The Morgan fingerprint density at radius 2 is 1.84 bits per heavy atom. The van der Waals surface area contributed by atoms with Crippen LogP contribution in [0.15, 0.2) is 34.7 Å². The lowest BCUT2D eigenvalue weighted by Crippen LogP contribution is -2.45. The molecule has 0 unspecified atom stereocenters. The topological polar surface area (TPSA) is 31.6 Å². The van der Waals surface area contributed by atoms with Crippen molar-refractivity contribution in [1.29, 1.82) is 0 Å². The summed E-state index contributed by atoms with van der Waals surface area (Å²) in [5.41, 5.74) is 0.940. The van der Waals surface area contributed by atoms with Crippen molar-refractivity contribution in [3.63, 3.8) is 0 Å². The van der Waals surface area contributed by atoms with Crippen LogP contribution in [0.1, 0.15) is 12.2 Å². The number of nitrogens with one attached hydrogen (secondary N) is 1. The molecule has 4 nitrogen and oxygen atoms in total. The number of rotatable bonds is 7. The Labute approximate surface area is 159 Å². The Kier molecular flexibility index (Phi) is 6.79. The third-order valence-corrected chi connectivity index (χ3v) is 5.33. The largest absolute Gasteiger partial charge is 0.460 e. The summed E-state index contributed by atoms with van der Waals surface area (Å²) in [5, 5.41) is 4.55. The van der Waals surface area contributed by atoms with E-state index in [1.54, 1.807) is 6.07 Å². The van der Waals surface area contributed by atoms with Gasteiger partial charge in [0.2, 0.25) is 0 Å². The normalized spacial score (nSPS) is 16.4. The van der Waals surface area contributed by atoms with E-state index in [1.807, 2.05) is 24.3 Å². The van der Waals surface area contributed by atoms with E-state index < -0.39 is 0 Å². The van der Waals surface area contributed by atoms with Crippen LogP contribution in [0.2, 0.25) is 10.0 Å². The van der Waals surface area contributed by atoms with Crippen LogP contribution in [0.4, 0.5) is 0 Å². The summed E-state index contributed by atoms with van der Waals surface area (Å²) < 4.78 is 5.89. The minimum absolute atomic E-state index is 0.541. The third-order valence-electron chi connectivity index (χ3n) is 4.59. The SMILES string of the molecule is CN1CCN(CCCNCc2ccc(-c3ccc(Cl)c(Cl)c3)o2)CC1. The molecule has 1 fully saturated rings. The maximum atomic E-state index is 6.07. The lowest BCUT2D eigenvalue weighted by atomic mass is 10.2. The molecule has 6 heteroatoms. The molecule has 1 aromatic heterocycles. The van der Waals surface area contributed by atoms with Gasteiger partial charge in [-0.1, -0.05) is 23.2 Å². The van der Waals surface area contributed by atoms with Gasteiger partial charge in [0.15, 0.2) is 0 Å². The van der Waals surface area contributed by atoms with Crippen LogP contribution in [0, 0.1) is 0 Å². The van der Waals surface area contributed by atoms with E-state index in [4.69, 9.17) is 27.6 Å². The smallest absolute Gasteiger partial charge is 0.134 e. The zero-order valence-corrected chi connectivity index (χ0v) is 16.1. The molecule has 0 radical (unpaired) electrons. The number of hydrogen-bond acceptors (Lipinski definition) is 4. The van der Waals surface area contributed by atoms with Gasteiger partial charge in [0.05, 0.1) is 16.6 Å². The highest BCUT2D eigenvalue weighted by Crippen LogP contribution is 2.29. The van der Waals surface area contributed by atoms with Crippen LogP contribution in [0.25, 0.3) is 11.3 Å². The molecule has 0 bridgehead atoms. The molecule has 0 spiro atoms. The average Bonchev–Trinajstić information content (AvgIpc) is 3.07. The molecule has 3 rings (SSSR count). The van der Waals surface area contributed by atoms with Crippen molar-refractivity contribution in [2.24, 2.45) is 0 Å².